The van der Waals surface area contributed by atoms with E-state index in [9.17, 15) is 8.42 Å². The van der Waals surface area contributed by atoms with Crippen LogP contribution >= 0.6 is 11.6 Å². The van der Waals surface area contributed by atoms with Crippen LogP contribution in [0.1, 0.15) is 36.6 Å². The molecule has 0 spiro atoms. The third-order valence-corrected chi connectivity index (χ3v) is 7.19. The van der Waals surface area contributed by atoms with Gasteiger partial charge in [-0.2, -0.15) is 9.40 Å². The van der Waals surface area contributed by atoms with Crippen LogP contribution in [0.5, 0.6) is 0 Å². The Labute approximate surface area is 171 Å². The topological polar surface area (TPSA) is 76.5 Å². The van der Waals surface area contributed by atoms with Gasteiger partial charge < -0.3 is 10.1 Å². The molecule has 1 N–H and O–H groups in total. The molecule has 154 valence electrons. The van der Waals surface area contributed by atoms with Crippen molar-refractivity contribution < 1.29 is 13.2 Å². The lowest BCUT2D eigenvalue weighted by Gasteiger charge is -2.26. The van der Waals surface area contributed by atoms with Gasteiger partial charge in [0.15, 0.2) is 0 Å². The lowest BCUT2D eigenvalue weighted by molar-refractivity contribution is 0.0730. The smallest absolute Gasteiger partial charge is 0.243 e. The number of nitrogens with one attached hydrogen (secondary N) is 1. The van der Waals surface area contributed by atoms with Gasteiger partial charge in [0.2, 0.25) is 10.0 Å². The second-order valence-electron chi connectivity index (χ2n) is 7.20. The number of nitrogens with zero attached hydrogens (tertiary/aromatic N) is 3. The van der Waals surface area contributed by atoms with E-state index in [1.165, 1.54) is 4.31 Å². The Kier molecular flexibility index (Phi) is 6.77. The molecule has 1 aromatic carbocycles. The number of benzene rings is 1. The Morgan fingerprint density at radius 3 is 2.43 bits per heavy atom. The van der Waals surface area contributed by atoms with E-state index in [2.05, 4.69) is 24.3 Å². The molecule has 1 fully saturated rings. The summed E-state index contributed by atoms with van der Waals surface area (Å²) < 4.78 is 33.7. The van der Waals surface area contributed by atoms with E-state index in [1.54, 1.807) is 16.8 Å². The summed E-state index contributed by atoms with van der Waals surface area (Å²) in [6, 6.07) is 7.01. The van der Waals surface area contributed by atoms with Crippen LogP contribution in [0, 0.1) is 0 Å². The highest BCUT2D eigenvalue weighted by molar-refractivity contribution is 7.89. The second-order valence-corrected chi connectivity index (χ2v) is 9.49. The van der Waals surface area contributed by atoms with Gasteiger partial charge in [-0.15, -0.1) is 0 Å². The molecule has 1 aliphatic heterocycles. The summed E-state index contributed by atoms with van der Waals surface area (Å²) in [6.07, 6.45) is 0. The molecule has 0 bridgehead atoms. The van der Waals surface area contributed by atoms with Crippen LogP contribution in [0.25, 0.3) is 0 Å². The molecule has 0 aliphatic carbocycles. The lowest BCUT2D eigenvalue weighted by atomic mass is 10.1. The first-order valence-corrected chi connectivity index (χ1v) is 11.2. The summed E-state index contributed by atoms with van der Waals surface area (Å²) in [5.41, 5.74) is 3.00. The molecule has 0 radical (unpaired) electrons. The number of morpholine rings is 1. The summed E-state index contributed by atoms with van der Waals surface area (Å²) in [7, 11) is -1.62. The van der Waals surface area contributed by atoms with Gasteiger partial charge in [-0.05, 0) is 23.6 Å². The van der Waals surface area contributed by atoms with Crippen molar-refractivity contribution in [2.45, 2.75) is 37.8 Å². The summed E-state index contributed by atoms with van der Waals surface area (Å²) >= 11 is 6.36. The van der Waals surface area contributed by atoms with Crippen molar-refractivity contribution >= 4 is 21.6 Å². The number of ether oxygens (including phenoxy) is 1. The largest absolute Gasteiger partial charge is 0.379 e. The highest BCUT2D eigenvalue weighted by atomic mass is 35.5. The minimum Gasteiger partial charge on any atom is -0.379 e. The van der Waals surface area contributed by atoms with Crippen molar-refractivity contribution in [3.8, 4) is 0 Å². The van der Waals surface area contributed by atoms with Crippen molar-refractivity contribution in [1.29, 1.82) is 0 Å². The minimum absolute atomic E-state index is 0.292. The number of aryl methyl sites for hydroxylation is 1. The Morgan fingerprint density at radius 2 is 1.82 bits per heavy atom. The van der Waals surface area contributed by atoms with Gasteiger partial charge in [0.1, 0.15) is 5.15 Å². The average Bonchev–Trinajstić information content (AvgIpc) is 2.98. The number of halogens is 1. The Balaban J connectivity index is 1.63. The van der Waals surface area contributed by atoms with E-state index in [4.69, 9.17) is 16.3 Å². The molecule has 9 heteroatoms. The average molecular weight is 427 g/mol. The molecular weight excluding hydrogens is 400 g/mol. The van der Waals surface area contributed by atoms with Gasteiger partial charge in [0, 0.05) is 38.8 Å². The fourth-order valence-corrected chi connectivity index (χ4v) is 4.85. The molecule has 0 atom stereocenters. The molecule has 1 saturated heterocycles. The Morgan fingerprint density at radius 1 is 1.18 bits per heavy atom. The number of hydrogen-bond donors (Lipinski definition) is 1. The predicted molar refractivity (Wildman–Crippen MR) is 109 cm³/mol. The van der Waals surface area contributed by atoms with E-state index >= 15 is 0 Å². The van der Waals surface area contributed by atoms with Gasteiger partial charge in [0.25, 0.3) is 0 Å². The van der Waals surface area contributed by atoms with Gasteiger partial charge in [-0.3, -0.25) is 4.68 Å². The first-order chi connectivity index (χ1) is 13.3. The van der Waals surface area contributed by atoms with E-state index in [0.29, 0.717) is 55.4 Å². The third-order valence-electron chi connectivity index (χ3n) is 4.81. The molecule has 2 aromatic rings. The first kappa shape index (κ1) is 21.3. The van der Waals surface area contributed by atoms with Crippen molar-refractivity contribution in [1.82, 2.24) is 19.4 Å². The van der Waals surface area contributed by atoms with Crippen LogP contribution in [0.3, 0.4) is 0 Å². The lowest BCUT2D eigenvalue weighted by Crippen LogP contribution is -2.40. The third kappa shape index (κ3) is 4.58. The van der Waals surface area contributed by atoms with Crippen LogP contribution in [-0.2, 0) is 34.9 Å². The van der Waals surface area contributed by atoms with E-state index in [0.717, 1.165) is 16.8 Å². The zero-order valence-corrected chi connectivity index (χ0v) is 18.1. The Bertz CT molecular complexity index is 904. The summed E-state index contributed by atoms with van der Waals surface area (Å²) in [4.78, 5) is 0.315. The van der Waals surface area contributed by atoms with E-state index in [-0.39, 0.29) is 0 Å². The SMILES string of the molecule is CC(C)c1nn(C)c(Cl)c1CNCc1ccc(S(=O)(=O)N2CCOCC2)cc1. The van der Waals surface area contributed by atoms with Crippen LogP contribution in [-0.4, -0.2) is 48.8 Å². The van der Waals surface area contributed by atoms with Crippen molar-refractivity contribution in [3.63, 3.8) is 0 Å². The maximum absolute atomic E-state index is 12.7. The molecule has 7 nitrogen and oxygen atoms in total. The summed E-state index contributed by atoms with van der Waals surface area (Å²) in [6.45, 7) is 7.08. The normalized spacial score (nSPS) is 16.0. The zero-order valence-electron chi connectivity index (χ0n) is 16.5. The van der Waals surface area contributed by atoms with Crippen LogP contribution in [0.2, 0.25) is 5.15 Å². The predicted octanol–water partition coefficient (Wildman–Crippen LogP) is 2.51. The monoisotopic (exact) mass is 426 g/mol. The molecule has 1 aromatic heterocycles. The van der Waals surface area contributed by atoms with Crippen LogP contribution in [0.15, 0.2) is 29.2 Å². The quantitative estimate of drug-likeness (QED) is 0.736. The van der Waals surface area contributed by atoms with Crippen molar-refractivity contribution in [3.05, 3.63) is 46.2 Å². The van der Waals surface area contributed by atoms with E-state index < -0.39 is 10.0 Å². The molecule has 2 heterocycles. The van der Waals surface area contributed by atoms with Crippen LogP contribution in [0.4, 0.5) is 0 Å². The molecular formula is C19H27ClN4O3S. The summed E-state index contributed by atoms with van der Waals surface area (Å²) in [5, 5.41) is 8.50. The number of hydrogen-bond acceptors (Lipinski definition) is 5. The number of rotatable bonds is 7. The molecule has 1 aliphatic rings. The summed E-state index contributed by atoms with van der Waals surface area (Å²) in [5.74, 6) is 0.292. The number of sulfonamides is 1. The maximum Gasteiger partial charge on any atom is 0.243 e. The fraction of sp³-hybridized carbons (Fsp3) is 0.526. The van der Waals surface area contributed by atoms with E-state index in [1.807, 2.05) is 19.2 Å². The minimum atomic E-state index is -3.46. The number of aromatic nitrogens is 2. The molecule has 0 unspecified atom stereocenters. The fourth-order valence-electron chi connectivity index (χ4n) is 3.24. The van der Waals surface area contributed by atoms with Gasteiger partial charge in [-0.1, -0.05) is 37.6 Å². The molecule has 0 amide bonds. The van der Waals surface area contributed by atoms with Crippen LogP contribution < -0.4 is 5.32 Å². The van der Waals surface area contributed by atoms with Gasteiger partial charge in [0.05, 0.1) is 23.8 Å². The second kappa shape index (κ2) is 8.92. The van der Waals surface area contributed by atoms with Gasteiger partial charge >= 0.3 is 0 Å². The molecule has 0 saturated carbocycles. The molecule has 3 rings (SSSR count). The Hall–Kier alpha value is -1.45. The maximum atomic E-state index is 12.7. The molecule has 28 heavy (non-hydrogen) atoms. The zero-order chi connectivity index (χ0) is 20.3. The van der Waals surface area contributed by atoms with Crippen molar-refractivity contribution in [2.75, 3.05) is 26.3 Å². The highest BCUT2D eigenvalue weighted by Gasteiger charge is 2.26. The van der Waals surface area contributed by atoms with Crippen molar-refractivity contribution in [2.24, 2.45) is 7.05 Å². The highest BCUT2D eigenvalue weighted by Crippen LogP contribution is 2.25. The first-order valence-electron chi connectivity index (χ1n) is 9.39. The standard InChI is InChI=1S/C19H27ClN4O3S/c1-14(2)18-17(19(20)23(3)22-18)13-21-12-15-4-6-16(7-5-15)28(25,26)24-8-10-27-11-9-24/h4-7,14,21H,8-13H2,1-3H3. The van der Waals surface area contributed by atoms with Gasteiger partial charge in [-0.25, -0.2) is 8.42 Å².